The molecule has 1 unspecified atom stereocenters. The first-order chi connectivity index (χ1) is 10.2. The van der Waals surface area contributed by atoms with Crippen molar-refractivity contribution >= 4 is 5.91 Å². The van der Waals surface area contributed by atoms with Gasteiger partial charge < -0.3 is 14.7 Å². The number of aromatic nitrogens is 2. The number of nitrogens with one attached hydrogen (secondary N) is 1. The standard InChI is InChI=1S/C15H24N4O2/c1-3-13-17-15(21-18-13)10-4-6-11(7-5-10)16-12-8-14(20)19(2)9-12/h10-12,16H,3-9H2,1-2H3. The van der Waals surface area contributed by atoms with Crippen molar-refractivity contribution in [2.45, 2.75) is 63.5 Å². The van der Waals surface area contributed by atoms with Crippen LogP contribution in [0.5, 0.6) is 0 Å². The van der Waals surface area contributed by atoms with Crippen molar-refractivity contribution in [1.29, 1.82) is 0 Å². The number of likely N-dealkylation sites (N-methyl/N-ethyl adjacent to an activating group) is 1. The number of carbonyl (C=O) groups is 1. The SMILES string of the molecule is CCc1noc(C2CCC(NC3CC(=O)N(C)C3)CC2)n1. The molecule has 6 nitrogen and oxygen atoms in total. The first-order valence-corrected chi connectivity index (χ1v) is 7.98. The summed E-state index contributed by atoms with van der Waals surface area (Å²) in [5.74, 6) is 2.27. The van der Waals surface area contributed by atoms with Crippen molar-refractivity contribution < 1.29 is 9.32 Å². The van der Waals surface area contributed by atoms with E-state index >= 15 is 0 Å². The number of aryl methyl sites for hydroxylation is 1. The van der Waals surface area contributed by atoms with Gasteiger partial charge >= 0.3 is 0 Å². The molecule has 2 heterocycles. The van der Waals surface area contributed by atoms with Gasteiger partial charge in [0.1, 0.15) is 0 Å². The quantitative estimate of drug-likeness (QED) is 0.910. The Morgan fingerprint density at radius 1 is 1.29 bits per heavy atom. The molecular weight excluding hydrogens is 268 g/mol. The molecule has 1 aromatic heterocycles. The van der Waals surface area contributed by atoms with Crippen LogP contribution in [-0.2, 0) is 11.2 Å². The van der Waals surface area contributed by atoms with E-state index in [9.17, 15) is 4.79 Å². The number of carbonyl (C=O) groups excluding carboxylic acids is 1. The maximum atomic E-state index is 11.6. The molecular formula is C15H24N4O2. The molecule has 1 atom stereocenters. The highest BCUT2D eigenvalue weighted by atomic mass is 16.5. The summed E-state index contributed by atoms with van der Waals surface area (Å²) in [6.45, 7) is 2.87. The molecule has 1 amide bonds. The maximum absolute atomic E-state index is 11.6. The van der Waals surface area contributed by atoms with Crippen LogP contribution in [-0.4, -0.2) is 46.6 Å². The molecule has 1 aliphatic carbocycles. The zero-order chi connectivity index (χ0) is 14.8. The van der Waals surface area contributed by atoms with Gasteiger partial charge in [-0.1, -0.05) is 12.1 Å². The molecule has 0 spiro atoms. The van der Waals surface area contributed by atoms with Crippen molar-refractivity contribution in [3.05, 3.63) is 11.7 Å². The largest absolute Gasteiger partial charge is 0.344 e. The third-order valence-corrected chi connectivity index (χ3v) is 4.69. The lowest BCUT2D eigenvalue weighted by Gasteiger charge is -2.29. The first kappa shape index (κ1) is 14.5. The summed E-state index contributed by atoms with van der Waals surface area (Å²) in [6, 6.07) is 0.832. The molecule has 21 heavy (non-hydrogen) atoms. The minimum absolute atomic E-state index is 0.249. The third kappa shape index (κ3) is 3.26. The van der Waals surface area contributed by atoms with Crippen LogP contribution in [0.2, 0.25) is 0 Å². The Kier molecular flexibility index (Phi) is 4.24. The Bertz CT molecular complexity index is 494. The van der Waals surface area contributed by atoms with Gasteiger partial charge in [0.05, 0.1) is 0 Å². The highest BCUT2D eigenvalue weighted by molar-refractivity contribution is 5.78. The van der Waals surface area contributed by atoms with Crippen molar-refractivity contribution in [3.63, 3.8) is 0 Å². The zero-order valence-electron chi connectivity index (χ0n) is 12.8. The van der Waals surface area contributed by atoms with Crippen LogP contribution < -0.4 is 5.32 Å². The van der Waals surface area contributed by atoms with Crippen molar-refractivity contribution in [2.75, 3.05) is 13.6 Å². The molecule has 1 N–H and O–H groups in total. The molecule has 2 aliphatic rings. The van der Waals surface area contributed by atoms with Crippen molar-refractivity contribution in [2.24, 2.45) is 0 Å². The molecule has 0 aromatic carbocycles. The second-order valence-electron chi connectivity index (χ2n) is 6.29. The molecule has 0 bridgehead atoms. The topological polar surface area (TPSA) is 71.3 Å². The van der Waals surface area contributed by atoms with E-state index < -0.39 is 0 Å². The zero-order valence-corrected chi connectivity index (χ0v) is 12.8. The van der Waals surface area contributed by atoms with E-state index in [1.807, 2.05) is 18.9 Å². The predicted octanol–water partition coefficient (Wildman–Crippen LogP) is 1.48. The Morgan fingerprint density at radius 2 is 2.05 bits per heavy atom. The lowest BCUT2D eigenvalue weighted by atomic mass is 9.85. The van der Waals surface area contributed by atoms with Gasteiger partial charge in [-0.05, 0) is 25.7 Å². The monoisotopic (exact) mass is 292 g/mol. The number of nitrogens with zero attached hydrogens (tertiary/aromatic N) is 3. The summed E-state index contributed by atoms with van der Waals surface area (Å²) in [5.41, 5.74) is 0. The van der Waals surface area contributed by atoms with Crippen LogP contribution in [0.4, 0.5) is 0 Å². The van der Waals surface area contributed by atoms with Gasteiger partial charge in [0, 0.05) is 44.4 Å². The minimum Gasteiger partial charge on any atom is -0.344 e. The second kappa shape index (κ2) is 6.13. The molecule has 116 valence electrons. The molecule has 1 aromatic rings. The smallest absolute Gasteiger partial charge is 0.229 e. The maximum Gasteiger partial charge on any atom is 0.229 e. The van der Waals surface area contributed by atoms with Gasteiger partial charge in [-0.3, -0.25) is 4.79 Å². The van der Waals surface area contributed by atoms with Crippen LogP contribution in [0.25, 0.3) is 0 Å². The number of hydrogen-bond acceptors (Lipinski definition) is 5. The van der Waals surface area contributed by atoms with E-state index in [2.05, 4.69) is 15.5 Å². The van der Waals surface area contributed by atoms with Crippen LogP contribution >= 0.6 is 0 Å². The highest BCUT2D eigenvalue weighted by Crippen LogP contribution is 2.32. The Hall–Kier alpha value is -1.43. The molecule has 1 saturated heterocycles. The summed E-state index contributed by atoms with van der Waals surface area (Å²) in [6.07, 6.45) is 5.86. The Morgan fingerprint density at radius 3 is 2.62 bits per heavy atom. The first-order valence-electron chi connectivity index (χ1n) is 7.98. The van der Waals surface area contributed by atoms with E-state index in [-0.39, 0.29) is 5.91 Å². The average molecular weight is 292 g/mol. The summed E-state index contributed by atoms with van der Waals surface area (Å²) in [7, 11) is 1.88. The number of rotatable bonds is 4. The van der Waals surface area contributed by atoms with E-state index in [4.69, 9.17) is 4.52 Å². The molecule has 1 aliphatic heterocycles. The fourth-order valence-corrected chi connectivity index (χ4v) is 3.39. The lowest BCUT2D eigenvalue weighted by molar-refractivity contribution is -0.126. The van der Waals surface area contributed by atoms with Crippen molar-refractivity contribution in [1.82, 2.24) is 20.4 Å². The van der Waals surface area contributed by atoms with E-state index in [1.54, 1.807) is 0 Å². The van der Waals surface area contributed by atoms with E-state index in [0.29, 0.717) is 24.4 Å². The van der Waals surface area contributed by atoms with Crippen LogP contribution in [0.1, 0.15) is 56.7 Å². The fourth-order valence-electron chi connectivity index (χ4n) is 3.39. The average Bonchev–Trinajstić information content (AvgIpc) is 3.07. The molecule has 6 heteroatoms. The summed E-state index contributed by atoms with van der Waals surface area (Å²) in [5, 5.41) is 7.62. The van der Waals surface area contributed by atoms with E-state index in [1.165, 1.54) is 0 Å². The number of amides is 1. The van der Waals surface area contributed by atoms with Gasteiger partial charge in [0.2, 0.25) is 11.8 Å². The molecule has 3 rings (SSSR count). The van der Waals surface area contributed by atoms with Crippen LogP contribution in [0.3, 0.4) is 0 Å². The Balaban J connectivity index is 1.48. The fraction of sp³-hybridized carbons (Fsp3) is 0.800. The number of hydrogen-bond donors (Lipinski definition) is 1. The lowest BCUT2D eigenvalue weighted by Crippen LogP contribution is -2.41. The Labute approximate surface area is 125 Å². The van der Waals surface area contributed by atoms with Gasteiger partial charge in [-0.25, -0.2) is 0 Å². The molecule has 0 radical (unpaired) electrons. The normalized spacial score (nSPS) is 30.1. The van der Waals surface area contributed by atoms with Gasteiger partial charge in [-0.15, -0.1) is 0 Å². The van der Waals surface area contributed by atoms with Gasteiger partial charge in [0.15, 0.2) is 5.82 Å². The van der Waals surface area contributed by atoms with E-state index in [0.717, 1.165) is 50.4 Å². The van der Waals surface area contributed by atoms with Crippen LogP contribution in [0.15, 0.2) is 4.52 Å². The minimum atomic E-state index is 0.249. The molecule has 2 fully saturated rings. The number of likely N-dealkylation sites (tertiary alicyclic amines) is 1. The van der Waals surface area contributed by atoms with Gasteiger partial charge in [0.25, 0.3) is 0 Å². The predicted molar refractivity (Wildman–Crippen MR) is 77.9 cm³/mol. The summed E-state index contributed by atoms with van der Waals surface area (Å²) in [4.78, 5) is 17.8. The third-order valence-electron chi connectivity index (χ3n) is 4.69. The summed E-state index contributed by atoms with van der Waals surface area (Å²) >= 11 is 0. The summed E-state index contributed by atoms with van der Waals surface area (Å²) < 4.78 is 5.36. The second-order valence-corrected chi connectivity index (χ2v) is 6.29. The highest BCUT2D eigenvalue weighted by Gasteiger charge is 2.31. The molecule has 1 saturated carbocycles. The van der Waals surface area contributed by atoms with Crippen LogP contribution in [0, 0.1) is 0 Å². The van der Waals surface area contributed by atoms with Gasteiger partial charge in [-0.2, -0.15) is 4.98 Å². The van der Waals surface area contributed by atoms with Crippen molar-refractivity contribution in [3.8, 4) is 0 Å².